The summed E-state index contributed by atoms with van der Waals surface area (Å²) in [6.45, 7) is 2.75. The van der Waals surface area contributed by atoms with Crippen molar-refractivity contribution >= 4 is 31.6 Å². The summed E-state index contributed by atoms with van der Waals surface area (Å²) in [7, 11) is -5.68. The van der Waals surface area contributed by atoms with Crippen LogP contribution in [0.4, 0.5) is 5.69 Å². The maximum Gasteiger partial charge on any atom is 0.243 e. The van der Waals surface area contributed by atoms with Crippen molar-refractivity contribution in [3.05, 3.63) is 24.3 Å². The van der Waals surface area contributed by atoms with Crippen molar-refractivity contribution in [2.75, 3.05) is 38.3 Å². The topological polar surface area (TPSA) is 104 Å². The molecule has 1 N–H and O–H groups in total. The first-order valence-corrected chi connectivity index (χ1v) is 11.6. The molecule has 0 spiro atoms. The molecule has 0 radical (unpaired) electrons. The third-order valence-electron chi connectivity index (χ3n) is 4.33. The lowest BCUT2D eigenvalue weighted by Gasteiger charge is -2.30. The highest BCUT2D eigenvalue weighted by atomic mass is 32.2. The van der Waals surface area contributed by atoms with Crippen LogP contribution in [0.15, 0.2) is 29.2 Å². The average Bonchev–Trinajstić information content (AvgIpc) is 2.54. The zero-order valence-corrected chi connectivity index (χ0v) is 16.8. The minimum Gasteiger partial charge on any atom is -0.325 e. The molecule has 1 unspecified atom stereocenters. The summed E-state index contributed by atoms with van der Waals surface area (Å²) in [6.07, 6.45) is 2.89. The van der Waals surface area contributed by atoms with E-state index in [1.54, 1.807) is 0 Å². The Morgan fingerprint density at radius 1 is 1.23 bits per heavy atom. The number of piperidine rings is 1. The maximum absolute atomic E-state index is 12.7. The molecule has 1 aliphatic rings. The molecule has 0 aliphatic carbocycles. The van der Waals surface area contributed by atoms with Gasteiger partial charge in [0.05, 0.1) is 17.7 Å². The molecule has 146 valence electrons. The minimum absolute atomic E-state index is 0.179. The molecule has 1 aliphatic heterocycles. The smallest absolute Gasteiger partial charge is 0.243 e. The van der Waals surface area contributed by atoms with Crippen LogP contribution in [0.5, 0.6) is 0 Å². The van der Waals surface area contributed by atoms with Gasteiger partial charge in [-0.1, -0.05) is 6.92 Å². The Morgan fingerprint density at radius 2 is 1.85 bits per heavy atom. The van der Waals surface area contributed by atoms with Crippen LogP contribution < -0.4 is 5.32 Å². The second-order valence-corrected chi connectivity index (χ2v) is 10.7. The number of carbonyl (C=O) groups excluding carboxylic acids is 1. The first-order chi connectivity index (χ1) is 12.0. The van der Waals surface area contributed by atoms with Crippen LogP contribution in [-0.2, 0) is 24.8 Å². The van der Waals surface area contributed by atoms with Crippen LogP contribution in [0.2, 0.25) is 0 Å². The number of benzene rings is 1. The van der Waals surface area contributed by atoms with Crippen LogP contribution in [0.25, 0.3) is 0 Å². The molecular formula is C16H25N3O5S2. The predicted molar refractivity (Wildman–Crippen MR) is 99.7 cm³/mol. The fraction of sp³-hybridized carbons (Fsp3) is 0.562. The molecule has 0 bridgehead atoms. The monoisotopic (exact) mass is 403 g/mol. The van der Waals surface area contributed by atoms with Gasteiger partial charge in [-0.3, -0.25) is 4.79 Å². The average molecular weight is 404 g/mol. The highest BCUT2D eigenvalue weighted by molar-refractivity contribution is 7.89. The first kappa shape index (κ1) is 20.8. The molecule has 1 amide bonds. The van der Waals surface area contributed by atoms with Gasteiger partial charge in [0.2, 0.25) is 26.0 Å². The molecule has 1 saturated heterocycles. The number of nitrogens with zero attached hydrogens (tertiary/aromatic N) is 2. The number of rotatable bonds is 6. The number of hydrogen-bond acceptors (Lipinski definition) is 5. The highest BCUT2D eigenvalue weighted by Gasteiger charge is 2.28. The van der Waals surface area contributed by atoms with E-state index < -0.39 is 26.0 Å². The van der Waals surface area contributed by atoms with E-state index >= 15 is 0 Å². The molecule has 8 nitrogen and oxygen atoms in total. The number of carbonyl (C=O) groups is 1. The molecule has 1 fully saturated rings. The summed E-state index contributed by atoms with van der Waals surface area (Å²) in [4.78, 5) is 12.1. The molecule has 1 heterocycles. The van der Waals surface area contributed by atoms with Crippen molar-refractivity contribution in [1.82, 2.24) is 8.61 Å². The van der Waals surface area contributed by atoms with Gasteiger partial charge in [0.25, 0.3) is 0 Å². The van der Waals surface area contributed by atoms with Crippen LogP contribution in [0, 0.1) is 5.92 Å². The van der Waals surface area contributed by atoms with Crippen molar-refractivity contribution in [3.63, 3.8) is 0 Å². The summed E-state index contributed by atoms with van der Waals surface area (Å²) in [5.74, 6) is -0.165. The first-order valence-electron chi connectivity index (χ1n) is 8.31. The van der Waals surface area contributed by atoms with Crippen LogP contribution >= 0.6 is 0 Å². The number of likely N-dealkylation sites (N-methyl/N-ethyl adjacent to an activating group) is 1. The quantitative estimate of drug-likeness (QED) is 0.761. The molecule has 2 rings (SSSR count). The molecule has 0 saturated carbocycles. The number of nitrogens with one attached hydrogen (secondary N) is 1. The van der Waals surface area contributed by atoms with Crippen molar-refractivity contribution < 1.29 is 21.6 Å². The van der Waals surface area contributed by atoms with Gasteiger partial charge in [0, 0.05) is 25.8 Å². The highest BCUT2D eigenvalue weighted by Crippen LogP contribution is 2.24. The summed E-state index contributed by atoms with van der Waals surface area (Å²) < 4.78 is 50.4. The van der Waals surface area contributed by atoms with Gasteiger partial charge in [0.1, 0.15) is 0 Å². The normalized spacial score (nSPS) is 19.5. The van der Waals surface area contributed by atoms with Crippen LogP contribution in [0.3, 0.4) is 0 Å². The number of anilines is 1. The van der Waals surface area contributed by atoms with E-state index in [0.717, 1.165) is 23.4 Å². The van der Waals surface area contributed by atoms with Crippen molar-refractivity contribution in [2.45, 2.75) is 24.7 Å². The zero-order chi connectivity index (χ0) is 19.5. The Labute approximate surface area is 155 Å². The third kappa shape index (κ3) is 5.26. The maximum atomic E-state index is 12.7. The van der Waals surface area contributed by atoms with Crippen molar-refractivity contribution in [3.8, 4) is 0 Å². The zero-order valence-electron chi connectivity index (χ0n) is 15.2. The standard InChI is InChI=1S/C16H25N3O5S2/c1-13-5-4-10-19(11-13)26(23,24)15-8-6-14(7-9-15)17-16(20)12-18(2)25(3,21)22/h6-9,13H,4-5,10-12H2,1-3H3,(H,17,20). The Hall–Kier alpha value is -1.49. The lowest BCUT2D eigenvalue weighted by atomic mass is 10.0. The van der Waals surface area contributed by atoms with E-state index in [9.17, 15) is 21.6 Å². The second kappa shape index (κ2) is 8.03. The van der Waals surface area contributed by atoms with Crippen LogP contribution in [-0.4, -0.2) is 64.3 Å². The number of hydrogen-bond donors (Lipinski definition) is 1. The summed E-state index contributed by atoms with van der Waals surface area (Å²) in [5, 5.41) is 2.56. The van der Waals surface area contributed by atoms with Gasteiger partial charge in [-0.2, -0.15) is 8.61 Å². The summed E-state index contributed by atoms with van der Waals surface area (Å²) in [6, 6.07) is 5.90. The van der Waals surface area contributed by atoms with Crippen LogP contribution in [0.1, 0.15) is 19.8 Å². The van der Waals surface area contributed by atoms with Gasteiger partial charge in [-0.15, -0.1) is 0 Å². The Bertz CT molecular complexity index is 850. The van der Waals surface area contributed by atoms with E-state index in [1.165, 1.54) is 35.6 Å². The van der Waals surface area contributed by atoms with Gasteiger partial charge in [0.15, 0.2) is 0 Å². The van der Waals surface area contributed by atoms with E-state index in [2.05, 4.69) is 5.32 Å². The fourth-order valence-electron chi connectivity index (χ4n) is 2.74. The summed E-state index contributed by atoms with van der Waals surface area (Å²) >= 11 is 0. The second-order valence-electron chi connectivity index (χ2n) is 6.70. The van der Waals surface area contributed by atoms with E-state index in [-0.39, 0.29) is 11.4 Å². The molecule has 1 aromatic carbocycles. The largest absolute Gasteiger partial charge is 0.325 e. The Balaban J connectivity index is 2.05. The number of amides is 1. The summed E-state index contributed by atoms with van der Waals surface area (Å²) in [5.41, 5.74) is 0.405. The van der Waals surface area contributed by atoms with Gasteiger partial charge < -0.3 is 5.32 Å². The van der Waals surface area contributed by atoms with E-state index in [4.69, 9.17) is 0 Å². The van der Waals surface area contributed by atoms with Gasteiger partial charge in [-0.25, -0.2) is 16.8 Å². The molecule has 10 heteroatoms. The lowest BCUT2D eigenvalue weighted by molar-refractivity contribution is -0.116. The van der Waals surface area contributed by atoms with Gasteiger partial charge >= 0.3 is 0 Å². The fourth-order valence-corrected chi connectivity index (χ4v) is 4.69. The van der Waals surface area contributed by atoms with E-state index in [0.29, 0.717) is 24.7 Å². The lowest BCUT2D eigenvalue weighted by Crippen LogP contribution is -2.39. The molecule has 1 atom stereocenters. The molecule has 26 heavy (non-hydrogen) atoms. The Morgan fingerprint density at radius 3 is 2.38 bits per heavy atom. The predicted octanol–water partition coefficient (Wildman–Crippen LogP) is 0.937. The van der Waals surface area contributed by atoms with Crippen molar-refractivity contribution in [2.24, 2.45) is 5.92 Å². The third-order valence-corrected chi connectivity index (χ3v) is 7.47. The molecular weight excluding hydrogens is 378 g/mol. The van der Waals surface area contributed by atoms with Crippen molar-refractivity contribution in [1.29, 1.82) is 0 Å². The SMILES string of the molecule is CC1CCCN(S(=O)(=O)c2ccc(NC(=O)CN(C)S(C)(=O)=O)cc2)C1. The molecule has 0 aromatic heterocycles. The number of sulfonamides is 2. The van der Waals surface area contributed by atoms with Gasteiger partial charge in [-0.05, 0) is 43.0 Å². The molecule has 1 aromatic rings. The van der Waals surface area contributed by atoms with E-state index in [1.807, 2.05) is 6.92 Å². The minimum atomic E-state index is -3.55. The Kier molecular flexibility index (Phi) is 6.43.